The van der Waals surface area contributed by atoms with Crippen molar-refractivity contribution in [3.05, 3.63) is 30.1 Å². The SMILES string of the molecule is O=C(NC1CCCCC1)C1CCCN(C(=O)COc2ccccc2F)C1. The molecular weight excluding hydrogens is 335 g/mol. The number of hydrogen-bond acceptors (Lipinski definition) is 3. The highest BCUT2D eigenvalue weighted by molar-refractivity contribution is 5.82. The first-order valence-corrected chi connectivity index (χ1v) is 9.59. The molecule has 0 spiro atoms. The quantitative estimate of drug-likeness (QED) is 0.876. The van der Waals surface area contributed by atoms with Crippen LogP contribution in [0.15, 0.2) is 24.3 Å². The number of likely N-dealkylation sites (tertiary alicyclic amines) is 1. The molecule has 1 aromatic carbocycles. The van der Waals surface area contributed by atoms with E-state index in [0.717, 1.165) is 25.7 Å². The summed E-state index contributed by atoms with van der Waals surface area (Å²) in [5.41, 5.74) is 0. The summed E-state index contributed by atoms with van der Waals surface area (Å²) in [6.45, 7) is 0.822. The number of hydrogen-bond donors (Lipinski definition) is 1. The Morgan fingerprint density at radius 1 is 1.12 bits per heavy atom. The zero-order chi connectivity index (χ0) is 18.4. The van der Waals surface area contributed by atoms with Crippen LogP contribution in [0.4, 0.5) is 4.39 Å². The lowest BCUT2D eigenvalue weighted by molar-refractivity contribution is -0.137. The Labute approximate surface area is 153 Å². The number of amides is 2. The number of nitrogens with zero attached hydrogens (tertiary/aromatic N) is 1. The lowest BCUT2D eigenvalue weighted by atomic mass is 9.93. The van der Waals surface area contributed by atoms with Crippen LogP contribution in [-0.2, 0) is 9.59 Å². The molecule has 1 unspecified atom stereocenters. The van der Waals surface area contributed by atoms with E-state index >= 15 is 0 Å². The molecule has 0 bridgehead atoms. The number of carbonyl (C=O) groups excluding carboxylic acids is 2. The number of nitrogens with one attached hydrogen (secondary N) is 1. The van der Waals surface area contributed by atoms with Gasteiger partial charge in [0.1, 0.15) is 0 Å². The van der Waals surface area contributed by atoms with Gasteiger partial charge in [-0.3, -0.25) is 9.59 Å². The average molecular weight is 362 g/mol. The molecule has 1 atom stereocenters. The topological polar surface area (TPSA) is 58.6 Å². The number of carbonyl (C=O) groups is 2. The Morgan fingerprint density at radius 2 is 1.88 bits per heavy atom. The van der Waals surface area contributed by atoms with E-state index < -0.39 is 5.82 Å². The molecule has 1 N–H and O–H groups in total. The van der Waals surface area contributed by atoms with Crippen molar-refractivity contribution in [2.45, 2.75) is 51.0 Å². The second-order valence-corrected chi connectivity index (χ2v) is 7.24. The summed E-state index contributed by atoms with van der Waals surface area (Å²) in [6, 6.07) is 6.32. The summed E-state index contributed by atoms with van der Waals surface area (Å²) in [6.07, 6.45) is 7.31. The normalized spacial score (nSPS) is 21.3. The van der Waals surface area contributed by atoms with E-state index in [0.29, 0.717) is 13.1 Å². The van der Waals surface area contributed by atoms with Crippen molar-refractivity contribution in [2.24, 2.45) is 5.92 Å². The Hall–Kier alpha value is -2.11. The monoisotopic (exact) mass is 362 g/mol. The van der Waals surface area contributed by atoms with Crippen molar-refractivity contribution < 1.29 is 18.7 Å². The molecule has 2 aliphatic rings. The van der Waals surface area contributed by atoms with E-state index in [9.17, 15) is 14.0 Å². The molecule has 1 aliphatic carbocycles. The summed E-state index contributed by atoms with van der Waals surface area (Å²) in [5, 5.41) is 3.16. The largest absolute Gasteiger partial charge is 0.481 e. The fourth-order valence-corrected chi connectivity index (χ4v) is 3.78. The van der Waals surface area contributed by atoms with Crippen LogP contribution in [-0.4, -0.2) is 42.5 Å². The molecule has 3 rings (SSSR count). The van der Waals surface area contributed by atoms with Crippen LogP contribution in [0.3, 0.4) is 0 Å². The van der Waals surface area contributed by atoms with Gasteiger partial charge in [0.2, 0.25) is 5.91 Å². The fraction of sp³-hybridized carbons (Fsp3) is 0.600. The molecule has 2 fully saturated rings. The molecule has 1 saturated heterocycles. The number of halogens is 1. The highest BCUT2D eigenvalue weighted by atomic mass is 19.1. The average Bonchev–Trinajstić information content (AvgIpc) is 2.68. The molecule has 1 aromatic rings. The highest BCUT2D eigenvalue weighted by Gasteiger charge is 2.30. The first-order valence-electron chi connectivity index (χ1n) is 9.59. The first-order chi connectivity index (χ1) is 12.6. The molecule has 1 aliphatic heterocycles. The summed E-state index contributed by atoms with van der Waals surface area (Å²) in [4.78, 5) is 26.6. The summed E-state index contributed by atoms with van der Waals surface area (Å²) >= 11 is 0. The van der Waals surface area contributed by atoms with Gasteiger partial charge in [-0.1, -0.05) is 31.4 Å². The Morgan fingerprint density at radius 3 is 2.65 bits per heavy atom. The van der Waals surface area contributed by atoms with E-state index in [1.807, 2.05) is 0 Å². The van der Waals surface area contributed by atoms with Gasteiger partial charge in [0.05, 0.1) is 5.92 Å². The summed E-state index contributed by atoms with van der Waals surface area (Å²) in [5.74, 6) is -0.718. The molecule has 6 heteroatoms. The zero-order valence-electron chi connectivity index (χ0n) is 15.1. The van der Waals surface area contributed by atoms with Crippen LogP contribution in [0.25, 0.3) is 0 Å². The number of benzene rings is 1. The van der Waals surface area contributed by atoms with Gasteiger partial charge in [-0.15, -0.1) is 0 Å². The van der Waals surface area contributed by atoms with Crippen LogP contribution < -0.4 is 10.1 Å². The summed E-state index contributed by atoms with van der Waals surface area (Å²) in [7, 11) is 0. The van der Waals surface area contributed by atoms with Gasteiger partial charge in [0.25, 0.3) is 5.91 Å². The summed E-state index contributed by atoms with van der Waals surface area (Å²) < 4.78 is 18.9. The van der Waals surface area contributed by atoms with Gasteiger partial charge in [-0.25, -0.2) is 4.39 Å². The van der Waals surface area contributed by atoms with Crippen molar-refractivity contribution in [1.82, 2.24) is 10.2 Å². The van der Waals surface area contributed by atoms with Crippen LogP contribution in [0, 0.1) is 11.7 Å². The standard InChI is InChI=1S/C20H27FN2O3/c21-17-10-4-5-11-18(17)26-14-19(24)23-12-6-7-15(13-23)20(25)22-16-8-2-1-3-9-16/h4-5,10-11,15-16H,1-3,6-9,12-14H2,(H,22,25). The van der Waals surface area contributed by atoms with E-state index in [-0.39, 0.29) is 36.1 Å². The highest BCUT2D eigenvalue weighted by Crippen LogP contribution is 2.21. The maximum Gasteiger partial charge on any atom is 0.260 e. The zero-order valence-corrected chi connectivity index (χ0v) is 15.1. The molecule has 1 saturated carbocycles. The molecule has 0 aromatic heterocycles. The minimum Gasteiger partial charge on any atom is -0.481 e. The Balaban J connectivity index is 1.48. The van der Waals surface area contributed by atoms with Crippen LogP contribution in [0.2, 0.25) is 0 Å². The third-order valence-electron chi connectivity index (χ3n) is 5.28. The first kappa shape index (κ1) is 18.7. The van der Waals surface area contributed by atoms with Crippen molar-refractivity contribution in [2.75, 3.05) is 19.7 Å². The van der Waals surface area contributed by atoms with Gasteiger partial charge in [-0.05, 0) is 37.8 Å². The molecule has 26 heavy (non-hydrogen) atoms. The maximum atomic E-state index is 13.6. The van der Waals surface area contributed by atoms with Crippen LogP contribution in [0.1, 0.15) is 44.9 Å². The lowest BCUT2D eigenvalue weighted by Crippen LogP contribution is -2.48. The van der Waals surface area contributed by atoms with E-state index in [1.165, 1.54) is 31.4 Å². The van der Waals surface area contributed by atoms with Crippen LogP contribution >= 0.6 is 0 Å². The Bertz CT molecular complexity index is 631. The fourth-order valence-electron chi connectivity index (χ4n) is 3.78. The minimum atomic E-state index is -0.483. The molecule has 0 radical (unpaired) electrons. The molecule has 2 amide bonds. The predicted molar refractivity (Wildman–Crippen MR) is 96.2 cm³/mol. The van der Waals surface area contributed by atoms with E-state index in [1.54, 1.807) is 17.0 Å². The van der Waals surface area contributed by atoms with E-state index in [4.69, 9.17) is 4.74 Å². The number of rotatable bonds is 5. The van der Waals surface area contributed by atoms with Gasteiger partial charge >= 0.3 is 0 Å². The minimum absolute atomic E-state index is 0.0597. The van der Waals surface area contributed by atoms with Crippen molar-refractivity contribution in [1.29, 1.82) is 0 Å². The molecule has 1 heterocycles. The second kappa shape index (κ2) is 9.01. The molecule has 5 nitrogen and oxygen atoms in total. The smallest absolute Gasteiger partial charge is 0.260 e. The predicted octanol–water partition coefficient (Wildman–Crippen LogP) is 2.89. The third kappa shape index (κ3) is 4.96. The van der Waals surface area contributed by atoms with Gasteiger partial charge in [-0.2, -0.15) is 0 Å². The van der Waals surface area contributed by atoms with E-state index in [2.05, 4.69) is 5.32 Å². The van der Waals surface area contributed by atoms with Crippen LogP contribution in [0.5, 0.6) is 5.75 Å². The van der Waals surface area contributed by atoms with Gasteiger partial charge in [0, 0.05) is 19.1 Å². The number of piperidine rings is 1. The van der Waals surface area contributed by atoms with Gasteiger partial charge in [0.15, 0.2) is 18.2 Å². The third-order valence-corrected chi connectivity index (χ3v) is 5.28. The molecular formula is C20H27FN2O3. The van der Waals surface area contributed by atoms with Gasteiger partial charge < -0.3 is 15.0 Å². The Kier molecular flexibility index (Phi) is 6.47. The number of para-hydroxylation sites is 1. The van der Waals surface area contributed by atoms with Crippen molar-refractivity contribution in [3.8, 4) is 5.75 Å². The maximum absolute atomic E-state index is 13.6. The molecule has 142 valence electrons. The number of ether oxygens (including phenoxy) is 1. The second-order valence-electron chi connectivity index (χ2n) is 7.24. The van der Waals surface area contributed by atoms with Crippen molar-refractivity contribution in [3.63, 3.8) is 0 Å². The van der Waals surface area contributed by atoms with Crippen molar-refractivity contribution >= 4 is 11.8 Å². The lowest BCUT2D eigenvalue weighted by Gasteiger charge is -2.33.